The summed E-state index contributed by atoms with van der Waals surface area (Å²) >= 11 is 0. The van der Waals surface area contributed by atoms with E-state index in [0.717, 1.165) is 62.7 Å². The fourth-order valence-corrected chi connectivity index (χ4v) is 4.55. The van der Waals surface area contributed by atoms with Crippen LogP contribution in [0.2, 0.25) is 0 Å². The van der Waals surface area contributed by atoms with Gasteiger partial charge in [-0.25, -0.2) is 4.79 Å². The lowest BCUT2D eigenvalue weighted by Gasteiger charge is -2.36. The molecule has 1 aliphatic carbocycles. The molecule has 2 aromatic rings. The van der Waals surface area contributed by atoms with Crippen LogP contribution in [-0.2, 0) is 20.7 Å². The summed E-state index contributed by atoms with van der Waals surface area (Å²) < 4.78 is 10.8. The molecule has 4 rings (SSSR count). The smallest absolute Gasteiger partial charge is 0.357 e. The number of hydrogen-bond acceptors (Lipinski definition) is 6. The van der Waals surface area contributed by atoms with Crippen LogP contribution in [0.4, 0.5) is 5.69 Å². The van der Waals surface area contributed by atoms with Gasteiger partial charge in [0.05, 0.1) is 30.9 Å². The molecule has 1 saturated heterocycles. The molecule has 0 bridgehead atoms. The van der Waals surface area contributed by atoms with Crippen LogP contribution in [0.15, 0.2) is 17.0 Å². The second-order valence-corrected chi connectivity index (χ2v) is 9.55. The summed E-state index contributed by atoms with van der Waals surface area (Å²) in [5, 5.41) is 6.86. The minimum absolute atomic E-state index is 0.0186. The highest BCUT2D eigenvalue weighted by Gasteiger charge is 2.35. The van der Waals surface area contributed by atoms with Crippen molar-refractivity contribution in [1.82, 2.24) is 10.1 Å². The SMILES string of the molecule is Cc1conc1CC(=O)C[N+]1(CC(=O)Nc2c(C)c[nH]c2C(=O)OC2CC2)CCCCCC1. The molecule has 33 heavy (non-hydrogen) atoms. The van der Waals surface area contributed by atoms with Crippen LogP contribution >= 0.6 is 0 Å². The quantitative estimate of drug-likeness (QED) is 0.442. The Morgan fingerprint density at radius 1 is 1.12 bits per heavy atom. The molecule has 2 aromatic heterocycles. The second kappa shape index (κ2) is 9.91. The molecule has 1 aliphatic heterocycles. The topological polar surface area (TPSA) is 114 Å². The van der Waals surface area contributed by atoms with Crippen molar-refractivity contribution >= 4 is 23.3 Å². The number of hydrogen-bond donors (Lipinski definition) is 2. The zero-order valence-electron chi connectivity index (χ0n) is 19.4. The van der Waals surface area contributed by atoms with Crippen LogP contribution in [0.25, 0.3) is 0 Å². The molecule has 9 heteroatoms. The van der Waals surface area contributed by atoms with Crippen LogP contribution in [-0.4, -0.2) is 64.6 Å². The summed E-state index contributed by atoms with van der Waals surface area (Å²) in [5.41, 5.74) is 3.01. The number of esters is 1. The van der Waals surface area contributed by atoms with Crippen molar-refractivity contribution in [2.75, 3.05) is 31.5 Å². The summed E-state index contributed by atoms with van der Waals surface area (Å²) in [5.74, 6) is -0.601. The number of rotatable bonds is 9. The van der Waals surface area contributed by atoms with Gasteiger partial charge in [-0.3, -0.25) is 9.59 Å². The van der Waals surface area contributed by atoms with E-state index in [9.17, 15) is 14.4 Å². The highest BCUT2D eigenvalue weighted by atomic mass is 16.5. The summed E-state index contributed by atoms with van der Waals surface area (Å²) in [6.07, 6.45) is 9.35. The largest absolute Gasteiger partial charge is 0.458 e. The lowest BCUT2D eigenvalue weighted by atomic mass is 10.1. The number of aryl methyl sites for hydroxylation is 2. The number of amides is 1. The summed E-state index contributed by atoms with van der Waals surface area (Å²) in [4.78, 5) is 41.5. The van der Waals surface area contributed by atoms with E-state index in [0.29, 0.717) is 15.9 Å². The van der Waals surface area contributed by atoms with Crippen molar-refractivity contribution in [1.29, 1.82) is 0 Å². The van der Waals surface area contributed by atoms with Crippen molar-refractivity contribution in [3.8, 4) is 0 Å². The van der Waals surface area contributed by atoms with Gasteiger partial charge >= 0.3 is 5.97 Å². The molecule has 3 heterocycles. The zero-order valence-corrected chi connectivity index (χ0v) is 19.4. The van der Waals surface area contributed by atoms with Gasteiger partial charge in [-0.05, 0) is 57.9 Å². The van der Waals surface area contributed by atoms with Crippen molar-refractivity contribution in [3.05, 3.63) is 35.0 Å². The van der Waals surface area contributed by atoms with E-state index in [-0.39, 0.29) is 43.0 Å². The Balaban J connectivity index is 1.45. The number of nitrogens with zero attached hydrogens (tertiary/aromatic N) is 2. The minimum Gasteiger partial charge on any atom is -0.458 e. The third-order valence-electron chi connectivity index (χ3n) is 6.56. The average Bonchev–Trinajstić information content (AvgIpc) is 3.44. The molecular formula is C24H33N4O5+. The van der Waals surface area contributed by atoms with Crippen LogP contribution in [0.3, 0.4) is 0 Å². The van der Waals surface area contributed by atoms with Gasteiger partial charge in [-0.15, -0.1) is 0 Å². The number of Topliss-reactive ketones (excluding diaryl/α,β-unsaturated/α-hetero) is 1. The standard InChI is InChI=1S/C24H32N4O5/c1-16-12-25-23(24(31)33-19-7-8-19)22(16)26-21(30)14-28(9-5-3-4-6-10-28)13-18(29)11-20-17(2)15-32-27-20/h12,15,19H,3-11,13-14H2,1-2H3,(H-,25,26,30,31)/p+1. The van der Waals surface area contributed by atoms with Gasteiger partial charge in [-0.2, -0.15) is 0 Å². The molecular weight excluding hydrogens is 424 g/mol. The van der Waals surface area contributed by atoms with Gasteiger partial charge in [-0.1, -0.05) is 5.16 Å². The van der Waals surface area contributed by atoms with Gasteiger partial charge in [0.2, 0.25) is 0 Å². The molecule has 0 spiro atoms. The second-order valence-electron chi connectivity index (χ2n) is 9.55. The summed E-state index contributed by atoms with van der Waals surface area (Å²) in [6, 6.07) is 0. The first-order chi connectivity index (χ1) is 15.8. The van der Waals surface area contributed by atoms with Gasteiger partial charge in [0.25, 0.3) is 5.91 Å². The van der Waals surface area contributed by atoms with Gasteiger partial charge in [0.15, 0.2) is 12.3 Å². The first-order valence-electron chi connectivity index (χ1n) is 11.8. The third kappa shape index (κ3) is 5.90. The van der Waals surface area contributed by atoms with Gasteiger partial charge in [0, 0.05) is 11.8 Å². The molecule has 178 valence electrons. The predicted molar refractivity (Wildman–Crippen MR) is 121 cm³/mol. The van der Waals surface area contributed by atoms with Gasteiger partial charge in [0.1, 0.15) is 24.6 Å². The van der Waals surface area contributed by atoms with E-state index in [1.165, 1.54) is 6.26 Å². The molecule has 2 N–H and O–H groups in total. The molecule has 2 fully saturated rings. The van der Waals surface area contributed by atoms with E-state index in [1.807, 2.05) is 13.8 Å². The monoisotopic (exact) mass is 457 g/mol. The minimum atomic E-state index is -0.447. The maximum absolute atomic E-state index is 13.2. The fourth-order valence-electron chi connectivity index (χ4n) is 4.55. The Hall–Kier alpha value is -2.94. The number of ether oxygens (including phenoxy) is 1. The van der Waals surface area contributed by atoms with E-state index >= 15 is 0 Å². The molecule has 0 radical (unpaired) electrons. The number of aromatic amines is 1. The van der Waals surface area contributed by atoms with E-state index in [4.69, 9.17) is 9.26 Å². The van der Waals surface area contributed by atoms with Crippen molar-refractivity contribution in [2.24, 2.45) is 0 Å². The molecule has 0 aromatic carbocycles. The van der Waals surface area contributed by atoms with E-state index < -0.39 is 5.97 Å². The van der Waals surface area contributed by atoms with E-state index in [2.05, 4.69) is 15.5 Å². The first kappa shape index (κ1) is 23.2. The van der Waals surface area contributed by atoms with Crippen molar-refractivity contribution in [3.63, 3.8) is 0 Å². The van der Waals surface area contributed by atoms with Crippen LogP contribution in [0.5, 0.6) is 0 Å². The Kier molecular flexibility index (Phi) is 6.97. The van der Waals surface area contributed by atoms with E-state index in [1.54, 1.807) is 6.20 Å². The molecule has 0 atom stereocenters. The third-order valence-corrected chi connectivity index (χ3v) is 6.56. The molecule has 2 aliphatic rings. The lowest BCUT2D eigenvalue weighted by Crippen LogP contribution is -2.55. The predicted octanol–water partition coefficient (Wildman–Crippen LogP) is 3.08. The van der Waals surface area contributed by atoms with Crippen molar-refractivity contribution in [2.45, 2.75) is 64.9 Å². The van der Waals surface area contributed by atoms with Crippen molar-refractivity contribution < 1.29 is 28.1 Å². The molecule has 9 nitrogen and oxygen atoms in total. The number of anilines is 1. The lowest BCUT2D eigenvalue weighted by molar-refractivity contribution is -0.912. The normalized spacial score (nSPS) is 17.9. The van der Waals surface area contributed by atoms with Crippen LogP contribution in [0, 0.1) is 13.8 Å². The first-order valence-corrected chi connectivity index (χ1v) is 11.8. The molecule has 1 saturated carbocycles. The number of likely N-dealkylation sites (tertiary alicyclic amines) is 1. The maximum atomic E-state index is 13.2. The Morgan fingerprint density at radius 3 is 2.48 bits per heavy atom. The van der Waals surface area contributed by atoms with Gasteiger partial charge < -0.3 is 24.0 Å². The molecule has 0 unspecified atom stereocenters. The number of quaternary nitrogens is 1. The fraction of sp³-hybridized carbons (Fsp3) is 0.583. The number of ketones is 1. The number of carbonyl (C=O) groups is 3. The Labute approximate surface area is 193 Å². The molecule has 1 amide bonds. The number of carbonyl (C=O) groups excluding carboxylic acids is 3. The number of aromatic nitrogens is 2. The summed E-state index contributed by atoms with van der Waals surface area (Å²) in [6.45, 7) is 5.72. The number of H-pyrrole nitrogens is 1. The average molecular weight is 458 g/mol. The zero-order chi connectivity index (χ0) is 23.4. The van der Waals surface area contributed by atoms with Crippen LogP contribution in [0.1, 0.15) is 65.8 Å². The highest BCUT2D eigenvalue weighted by Crippen LogP contribution is 2.28. The Morgan fingerprint density at radius 2 is 1.85 bits per heavy atom. The van der Waals surface area contributed by atoms with Crippen LogP contribution < -0.4 is 5.32 Å². The maximum Gasteiger partial charge on any atom is 0.357 e. The Bertz CT molecular complexity index is 1010. The highest BCUT2D eigenvalue weighted by molar-refractivity contribution is 6.01. The summed E-state index contributed by atoms with van der Waals surface area (Å²) in [7, 11) is 0. The number of nitrogens with one attached hydrogen (secondary N) is 2.